The number of hydrogen-bond acceptors (Lipinski definition) is 5. The predicted molar refractivity (Wildman–Crippen MR) is 75.2 cm³/mol. The Kier molecular flexibility index (Phi) is 3.41. The first-order chi connectivity index (χ1) is 9.08. The SMILES string of the molecule is [CH2]c1ccc(-c2c(C#N)c(N)nc(S)c2C#N)cc1. The lowest BCUT2D eigenvalue weighted by Crippen LogP contribution is -2.02. The summed E-state index contributed by atoms with van der Waals surface area (Å²) < 4.78 is 0. The molecule has 0 saturated heterocycles. The van der Waals surface area contributed by atoms with Gasteiger partial charge in [0.2, 0.25) is 0 Å². The van der Waals surface area contributed by atoms with E-state index in [4.69, 9.17) is 5.73 Å². The van der Waals surface area contributed by atoms with Gasteiger partial charge in [-0.1, -0.05) is 24.3 Å². The summed E-state index contributed by atoms with van der Waals surface area (Å²) in [6.45, 7) is 3.79. The summed E-state index contributed by atoms with van der Waals surface area (Å²) in [5, 5.41) is 18.6. The molecule has 2 N–H and O–H groups in total. The minimum Gasteiger partial charge on any atom is -0.383 e. The van der Waals surface area contributed by atoms with E-state index in [2.05, 4.69) is 24.5 Å². The van der Waals surface area contributed by atoms with E-state index in [1.807, 2.05) is 12.1 Å². The molecule has 0 bridgehead atoms. The van der Waals surface area contributed by atoms with Crippen molar-refractivity contribution in [1.82, 2.24) is 4.98 Å². The number of benzene rings is 1. The fraction of sp³-hybridized carbons (Fsp3) is 0. The van der Waals surface area contributed by atoms with Gasteiger partial charge in [0, 0.05) is 5.56 Å². The van der Waals surface area contributed by atoms with E-state index >= 15 is 0 Å². The summed E-state index contributed by atoms with van der Waals surface area (Å²) in [6.07, 6.45) is 0. The molecule has 2 rings (SSSR count). The molecule has 0 aliphatic carbocycles. The lowest BCUT2D eigenvalue weighted by Gasteiger charge is -2.10. The van der Waals surface area contributed by atoms with Crippen molar-refractivity contribution in [3.05, 3.63) is 47.9 Å². The topological polar surface area (TPSA) is 86.5 Å². The molecule has 0 amide bonds. The summed E-state index contributed by atoms with van der Waals surface area (Å²) in [5.74, 6) is 0.0696. The third-order valence-corrected chi connectivity index (χ3v) is 3.00. The van der Waals surface area contributed by atoms with Gasteiger partial charge in [0.25, 0.3) is 0 Å². The van der Waals surface area contributed by atoms with Gasteiger partial charge < -0.3 is 5.73 Å². The highest BCUT2D eigenvalue weighted by molar-refractivity contribution is 7.80. The Hall–Kier alpha value is -2.50. The Morgan fingerprint density at radius 1 is 1.11 bits per heavy atom. The molecule has 2 aromatic rings. The van der Waals surface area contributed by atoms with Crippen molar-refractivity contribution in [2.75, 3.05) is 5.73 Å². The summed E-state index contributed by atoms with van der Waals surface area (Å²) in [7, 11) is 0. The van der Waals surface area contributed by atoms with Crippen molar-refractivity contribution in [3.8, 4) is 23.3 Å². The monoisotopic (exact) mass is 265 g/mol. The zero-order chi connectivity index (χ0) is 14.0. The largest absolute Gasteiger partial charge is 0.383 e. The van der Waals surface area contributed by atoms with Crippen LogP contribution in [0.4, 0.5) is 5.82 Å². The van der Waals surface area contributed by atoms with Crippen LogP contribution in [0.3, 0.4) is 0 Å². The lowest BCUT2D eigenvalue weighted by molar-refractivity contribution is 1.12. The van der Waals surface area contributed by atoms with Crippen molar-refractivity contribution < 1.29 is 0 Å². The van der Waals surface area contributed by atoms with Crippen LogP contribution in [0, 0.1) is 29.6 Å². The number of anilines is 1. The standard InChI is InChI=1S/C14H9N4S/c1-8-2-4-9(5-3-8)12-10(6-15)13(17)18-14(19)11(12)7-16/h2-5H,1H2,(H3,17,18,19). The molecule has 4 nitrogen and oxygen atoms in total. The maximum atomic E-state index is 9.22. The molecule has 0 spiro atoms. The van der Waals surface area contributed by atoms with E-state index in [1.165, 1.54) is 0 Å². The first-order valence-corrected chi connectivity index (χ1v) is 5.78. The van der Waals surface area contributed by atoms with Gasteiger partial charge in [0.15, 0.2) is 0 Å². The Morgan fingerprint density at radius 3 is 2.21 bits per heavy atom. The first-order valence-electron chi connectivity index (χ1n) is 5.33. The number of hydrogen-bond donors (Lipinski definition) is 2. The van der Waals surface area contributed by atoms with Gasteiger partial charge in [-0.25, -0.2) is 4.98 Å². The molecule has 91 valence electrons. The van der Waals surface area contributed by atoms with Gasteiger partial charge in [-0.05, 0) is 18.1 Å². The molecule has 0 saturated carbocycles. The molecular weight excluding hydrogens is 256 g/mol. The van der Waals surface area contributed by atoms with Crippen molar-refractivity contribution in [1.29, 1.82) is 10.5 Å². The van der Waals surface area contributed by atoms with E-state index in [0.717, 1.165) is 5.56 Å². The van der Waals surface area contributed by atoms with E-state index in [9.17, 15) is 10.5 Å². The molecule has 1 radical (unpaired) electrons. The fourth-order valence-corrected chi connectivity index (χ4v) is 2.04. The predicted octanol–water partition coefficient (Wildman–Crippen LogP) is 2.55. The van der Waals surface area contributed by atoms with Gasteiger partial charge in [-0.15, -0.1) is 12.6 Å². The molecule has 1 heterocycles. The highest BCUT2D eigenvalue weighted by Crippen LogP contribution is 2.33. The number of thiol groups is 1. The van der Waals surface area contributed by atoms with Crippen LogP contribution < -0.4 is 5.73 Å². The van der Waals surface area contributed by atoms with E-state index in [1.54, 1.807) is 24.3 Å². The maximum absolute atomic E-state index is 9.22. The average Bonchev–Trinajstić information content (AvgIpc) is 2.39. The van der Waals surface area contributed by atoms with Crippen LogP contribution in [0.2, 0.25) is 0 Å². The van der Waals surface area contributed by atoms with Crippen LogP contribution in [0.15, 0.2) is 29.3 Å². The summed E-state index contributed by atoms with van der Waals surface area (Å²) in [6, 6.07) is 11.2. The summed E-state index contributed by atoms with van der Waals surface area (Å²) in [4.78, 5) is 3.90. The second-order valence-electron chi connectivity index (χ2n) is 3.87. The number of rotatable bonds is 1. The van der Waals surface area contributed by atoms with Gasteiger partial charge >= 0.3 is 0 Å². The third kappa shape index (κ3) is 2.24. The van der Waals surface area contributed by atoms with Crippen molar-refractivity contribution in [2.24, 2.45) is 0 Å². The van der Waals surface area contributed by atoms with Crippen LogP contribution in [-0.4, -0.2) is 4.98 Å². The summed E-state index contributed by atoms with van der Waals surface area (Å²) in [5.41, 5.74) is 8.16. The normalized spacial score (nSPS) is 9.68. The minimum atomic E-state index is 0.0696. The highest BCUT2D eigenvalue weighted by Gasteiger charge is 2.18. The molecule has 1 aromatic carbocycles. The van der Waals surface area contributed by atoms with Gasteiger partial charge in [-0.2, -0.15) is 10.5 Å². The van der Waals surface area contributed by atoms with E-state index in [-0.39, 0.29) is 22.0 Å². The second kappa shape index (κ2) is 5.01. The molecule has 1 aromatic heterocycles. The Balaban J connectivity index is 2.85. The molecule has 5 heteroatoms. The lowest BCUT2D eigenvalue weighted by atomic mass is 9.96. The number of pyridine rings is 1. The van der Waals surface area contributed by atoms with E-state index < -0.39 is 0 Å². The Labute approximate surface area is 116 Å². The number of nitrogens with zero attached hydrogens (tertiary/aromatic N) is 3. The molecule has 0 fully saturated rings. The van der Waals surface area contributed by atoms with Crippen LogP contribution in [0.1, 0.15) is 16.7 Å². The molecule has 0 aliphatic rings. The zero-order valence-electron chi connectivity index (χ0n) is 9.88. The molecule has 19 heavy (non-hydrogen) atoms. The molecular formula is C14H9N4S. The number of nitrogens with two attached hydrogens (primary N) is 1. The number of nitriles is 2. The quantitative estimate of drug-likeness (QED) is 0.776. The van der Waals surface area contributed by atoms with Crippen LogP contribution >= 0.6 is 12.6 Å². The third-order valence-electron chi connectivity index (χ3n) is 2.67. The minimum absolute atomic E-state index is 0.0696. The van der Waals surface area contributed by atoms with Gasteiger partial charge in [-0.3, -0.25) is 0 Å². The van der Waals surface area contributed by atoms with Crippen molar-refractivity contribution in [2.45, 2.75) is 5.03 Å². The van der Waals surface area contributed by atoms with E-state index in [0.29, 0.717) is 11.1 Å². The Bertz CT molecular complexity index is 683. The first kappa shape index (κ1) is 12.9. The van der Waals surface area contributed by atoms with Crippen LogP contribution in [0.25, 0.3) is 11.1 Å². The molecule has 0 atom stereocenters. The van der Waals surface area contributed by atoms with Crippen molar-refractivity contribution in [3.63, 3.8) is 0 Å². The molecule has 0 aliphatic heterocycles. The van der Waals surface area contributed by atoms with Gasteiger partial charge in [0.05, 0.1) is 5.56 Å². The Morgan fingerprint density at radius 2 is 1.68 bits per heavy atom. The number of aromatic nitrogens is 1. The average molecular weight is 265 g/mol. The maximum Gasteiger partial charge on any atom is 0.143 e. The second-order valence-corrected chi connectivity index (χ2v) is 4.29. The van der Waals surface area contributed by atoms with Crippen molar-refractivity contribution >= 4 is 18.4 Å². The highest BCUT2D eigenvalue weighted by atomic mass is 32.1. The zero-order valence-corrected chi connectivity index (χ0v) is 10.8. The van der Waals surface area contributed by atoms with Crippen LogP contribution in [0.5, 0.6) is 0 Å². The van der Waals surface area contributed by atoms with Gasteiger partial charge in [0.1, 0.15) is 28.5 Å². The summed E-state index contributed by atoms with van der Waals surface area (Å²) >= 11 is 4.14. The number of nitrogen functional groups attached to an aromatic ring is 1. The smallest absolute Gasteiger partial charge is 0.143 e. The molecule has 0 unspecified atom stereocenters. The van der Waals surface area contributed by atoms with Crippen LogP contribution in [-0.2, 0) is 0 Å². The fourth-order valence-electron chi connectivity index (χ4n) is 1.77.